The summed E-state index contributed by atoms with van der Waals surface area (Å²) in [5, 5.41) is 17.1. The van der Waals surface area contributed by atoms with E-state index in [0.29, 0.717) is 18.6 Å². The zero-order chi connectivity index (χ0) is 15.1. The van der Waals surface area contributed by atoms with E-state index in [1.165, 1.54) is 0 Å². The van der Waals surface area contributed by atoms with Gasteiger partial charge in [-0.2, -0.15) is 5.10 Å². The van der Waals surface area contributed by atoms with Crippen LogP contribution in [0.25, 0.3) is 0 Å². The van der Waals surface area contributed by atoms with Crippen LogP contribution in [-0.4, -0.2) is 50.4 Å². The van der Waals surface area contributed by atoms with Crippen molar-refractivity contribution in [3.63, 3.8) is 0 Å². The number of carbonyl (C=O) groups is 1. The molecule has 2 aliphatic rings. The summed E-state index contributed by atoms with van der Waals surface area (Å²) in [6, 6.07) is 0.723. The lowest BCUT2D eigenvalue weighted by Gasteiger charge is -2.36. The minimum atomic E-state index is -0.190. The van der Waals surface area contributed by atoms with Crippen LogP contribution in [0.2, 0.25) is 0 Å². The van der Waals surface area contributed by atoms with Crippen LogP contribution >= 0.6 is 0 Å². The number of aliphatic hydroxyl groups excluding tert-OH is 1. The molecule has 21 heavy (non-hydrogen) atoms. The molecule has 3 heterocycles. The summed E-state index contributed by atoms with van der Waals surface area (Å²) >= 11 is 0. The van der Waals surface area contributed by atoms with Gasteiger partial charge in [-0.1, -0.05) is 0 Å². The summed E-state index contributed by atoms with van der Waals surface area (Å²) in [5.41, 5.74) is 2.64. The fourth-order valence-electron chi connectivity index (χ4n) is 3.80. The molecule has 2 bridgehead atoms. The van der Waals surface area contributed by atoms with Gasteiger partial charge in [-0.3, -0.25) is 14.4 Å². The van der Waals surface area contributed by atoms with Crippen molar-refractivity contribution in [3.05, 3.63) is 11.4 Å². The number of hydrogen-bond donors (Lipinski definition) is 2. The van der Waals surface area contributed by atoms with Crippen molar-refractivity contribution in [1.82, 2.24) is 14.7 Å². The highest BCUT2D eigenvalue weighted by molar-refractivity contribution is 5.93. The molecule has 6 nitrogen and oxygen atoms in total. The maximum absolute atomic E-state index is 12.3. The molecule has 2 fully saturated rings. The lowest BCUT2D eigenvalue weighted by Crippen LogP contribution is -2.47. The van der Waals surface area contributed by atoms with Gasteiger partial charge in [-0.05, 0) is 39.5 Å². The normalized spacial score (nSPS) is 28.9. The first-order chi connectivity index (χ1) is 9.95. The maximum Gasteiger partial charge on any atom is 0.238 e. The van der Waals surface area contributed by atoms with E-state index in [1.54, 1.807) is 4.68 Å². The van der Waals surface area contributed by atoms with Crippen molar-refractivity contribution in [1.29, 1.82) is 0 Å². The van der Waals surface area contributed by atoms with E-state index in [4.69, 9.17) is 0 Å². The van der Waals surface area contributed by atoms with Crippen LogP contribution in [0.5, 0.6) is 0 Å². The third-order valence-electron chi connectivity index (χ3n) is 4.96. The second-order valence-corrected chi connectivity index (χ2v) is 6.40. The van der Waals surface area contributed by atoms with Gasteiger partial charge in [0.1, 0.15) is 0 Å². The van der Waals surface area contributed by atoms with Crippen LogP contribution in [0.15, 0.2) is 0 Å². The number of aryl methyl sites for hydroxylation is 2. The number of piperidine rings is 1. The van der Waals surface area contributed by atoms with Crippen molar-refractivity contribution in [2.45, 2.75) is 57.7 Å². The Bertz CT molecular complexity index is 540. The van der Waals surface area contributed by atoms with Crippen LogP contribution in [-0.2, 0) is 11.8 Å². The van der Waals surface area contributed by atoms with Gasteiger partial charge >= 0.3 is 0 Å². The number of rotatable bonds is 3. The molecule has 1 aromatic heterocycles. The Labute approximate surface area is 125 Å². The van der Waals surface area contributed by atoms with Crippen molar-refractivity contribution >= 4 is 11.6 Å². The lowest BCUT2D eigenvalue weighted by molar-refractivity contribution is -0.119. The molecule has 0 spiro atoms. The third kappa shape index (κ3) is 2.70. The van der Waals surface area contributed by atoms with E-state index in [-0.39, 0.29) is 12.0 Å². The summed E-state index contributed by atoms with van der Waals surface area (Å²) < 4.78 is 1.78. The Kier molecular flexibility index (Phi) is 3.75. The summed E-state index contributed by atoms with van der Waals surface area (Å²) in [7, 11) is 1.88. The summed E-state index contributed by atoms with van der Waals surface area (Å²) in [4.78, 5) is 14.6. The molecule has 0 aliphatic carbocycles. The number of hydrogen-bond acceptors (Lipinski definition) is 4. The molecule has 1 amide bonds. The van der Waals surface area contributed by atoms with E-state index in [2.05, 4.69) is 15.3 Å². The maximum atomic E-state index is 12.3. The lowest BCUT2D eigenvalue weighted by atomic mass is 10.00. The Balaban J connectivity index is 1.65. The number of carbonyl (C=O) groups excluding carboxylic acids is 1. The molecule has 2 aliphatic heterocycles. The van der Waals surface area contributed by atoms with E-state index >= 15 is 0 Å². The quantitative estimate of drug-likeness (QED) is 0.870. The monoisotopic (exact) mass is 292 g/mol. The van der Waals surface area contributed by atoms with E-state index in [1.807, 2.05) is 20.9 Å². The molecule has 0 aromatic carbocycles. The number of aromatic nitrogens is 2. The van der Waals surface area contributed by atoms with Gasteiger partial charge in [0.25, 0.3) is 0 Å². The first-order valence-corrected chi connectivity index (χ1v) is 7.69. The van der Waals surface area contributed by atoms with Crippen molar-refractivity contribution in [2.75, 3.05) is 11.9 Å². The average molecular weight is 292 g/mol. The van der Waals surface area contributed by atoms with E-state index in [0.717, 1.165) is 42.8 Å². The highest BCUT2D eigenvalue weighted by Crippen LogP contribution is 2.35. The standard InChI is InChI=1S/C15H24N4O2/c1-9-15(10(2)18(3)17-9)16-14(21)8-19-11-4-5-12(19)7-13(20)6-11/h11-13,20H,4-8H2,1-3H3,(H,16,21). The Morgan fingerprint density at radius 2 is 1.95 bits per heavy atom. The van der Waals surface area contributed by atoms with Gasteiger partial charge < -0.3 is 10.4 Å². The minimum Gasteiger partial charge on any atom is -0.393 e. The van der Waals surface area contributed by atoms with Crippen LogP contribution in [0.1, 0.15) is 37.1 Å². The van der Waals surface area contributed by atoms with Gasteiger partial charge in [0.05, 0.1) is 29.7 Å². The SMILES string of the molecule is Cc1nn(C)c(C)c1NC(=O)CN1C2CCC1CC(O)C2. The van der Waals surface area contributed by atoms with Gasteiger partial charge in [-0.25, -0.2) is 0 Å². The molecule has 0 saturated carbocycles. The molecule has 2 atom stereocenters. The second kappa shape index (κ2) is 5.42. The zero-order valence-electron chi connectivity index (χ0n) is 13.0. The fraction of sp³-hybridized carbons (Fsp3) is 0.733. The van der Waals surface area contributed by atoms with Crippen LogP contribution in [0.4, 0.5) is 5.69 Å². The first-order valence-electron chi connectivity index (χ1n) is 7.69. The van der Waals surface area contributed by atoms with Gasteiger partial charge in [0, 0.05) is 19.1 Å². The third-order valence-corrected chi connectivity index (χ3v) is 4.96. The Morgan fingerprint density at radius 1 is 1.33 bits per heavy atom. The molecule has 6 heteroatoms. The predicted molar refractivity (Wildman–Crippen MR) is 80.1 cm³/mol. The highest BCUT2D eigenvalue weighted by Gasteiger charge is 2.40. The van der Waals surface area contributed by atoms with Gasteiger partial charge in [-0.15, -0.1) is 0 Å². The smallest absolute Gasteiger partial charge is 0.238 e. The summed E-state index contributed by atoms with van der Waals surface area (Å²) in [5.74, 6) is 0.0162. The largest absolute Gasteiger partial charge is 0.393 e. The molecule has 2 unspecified atom stereocenters. The number of anilines is 1. The number of nitrogens with one attached hydrogen (secondary N) is 1. The zero-order valence-corrected chi connectivity index (χ0v) is 13.0. The van der Waals surface area contributed by atoms with Gasteiger partial charge in [0.2, 0.25) is 5.91 Å². The summed E-state index contributed by atoms with van der Waals surface area (Å²) in [6.07, 6.45) is 3.60. The Hall–Kier alpha value is -1.40. The molecule has 2 saturated heterocycles. The number of nitrogens with zero attached hydrogens (tertiary/aromatic N) is 3. The summed E-state index contributed by atoms with van der Waals surface area (Å²) in [6.45, 7) is 4.27. The number of fused-ring (bicyclic) bond motifs is 2. The molecule has 1 aromatic rings. The first kappa shape index (κ1) is 14.5. The van der Waals surface area contributed by atoms with Crippen molar-refractivity contribution < 1.29 is 9.90 Å². The predicted octanol–water partition coefficient (Wildman–Crippen LogP) is 0.963. The van der Waals surface area contributed by atoms with E-state index in [9.17, 15) is 9.90 Å². The minimum absolute atomic E-state index is 0.0162. The van der Waals surface area contributed by atoms with Gasteiger partial charge in [0.15, 0.2) is 0 Å². The molecular formula is C15H24N4O2. The molecule has 3 rings (SSSR count). The average Bonchev–Trinajstić information content (AvgIpc) is 2.79. The number of aliphatic hydroxyl groups is 1. The van der Waals surface area contributed by atoms with E-state index < -0.39 is 0 Å². The van der Waals surface area contributed by atoms with Crippen molar-refractivity contribution in [3.8, 4) is 0 Å². The molecule has 0 radical (unpaired) electrons. The topological polar surface area (TPSA) is 70.4 Å². The van der Waals surface area contributed by atoms with Crippen LogP contribution in [0, 0.1) is 13.8 Å². The van der Waals surface area contributed by atoms with Crippen LogP contribution in [0.3, 0.4) is 0 Å². The highest BCUT2D eigenvalue weighted by atomic mass is 16.3. The fourth-order valence-corrected chi connectivity index (χ4v) is 3.80. The molecule has 116 valence electrons. The van der Waals surface area contributed by atoms with Crippen molar-refractivity contribution in [2.24, 2.45) is 7.05 Å². The molecule has 2 N–H and O–H groups in total. The van der Waals surface area contributed by atoms with Crippen LogP contribution < -0.4 is 5.32 Å². The Morgan fingerprint density at radius 3 is 2.48 bits per heavy atom. The second-order valence-electron chi connectivity index (χ2n) is 6.40. The molecular weight excluding hydrogens is 268 g/mol. The number of amides is 1.